The van der Waals surface area contributed by atoms with Crippen LogP contribution in [-0.4, -0.2) is 13.1 Å². The lowest BCUT2D eigenvalue weighted by atomic mass is 9.86. The summed E-state index contributed by atoms with van der Waals surface area (Å²) in [6, 6.07) is 4.17. The average molecular weight is 287 g/mol. The Bertz CT molecular complexity index is 426. The molecule has 0 saturated heterocycles. The Hall–Kier alpha value is -0.600. The van der Waals surface area contributed by atoms with Gasteiger partial charge in [-0.2, -0.15) is 0 Å². The first kappa shape index (κ1) is 13.8. The largest absolute Gasteiger partial charge is 0.397 e. The van der Waals surface area contributed by atoms with Crippen LogP contribution in [0.4, 0.5) is 11.4 Å². The molecule has 0 aromatic heterocycles. The lowest BCUT2D eigenvalue weighted by Gasteiger charge is -2.35. The standard InChI is InChI=1S/C14H20Cl2N2/c1-9-3-5-10(6-4-9)18(2)14-8-12(16)11(15)7-13(14)17/h7-10H,3-6,17H2,1-2H3. The fourth-order valence-corrected chi connectivity index (χ4v) is 3.01. The highest BCUT2D eigenvalue weighted by molar-refractivity contribution is 6.42. The number of benzene rings is 1. The molecule has 0 unspecified atom stereocenters. The van der Waals surface area contributed by atoms with Crippen molar-refractivity contribution in [3.63, 3.8) is 0 Å². The number of nitrogens with zero attached hydrogens (tertiary/aromatic N) is 1. The maximum absolute atomic E-state index is 6.08. The molecule has 2 rings (SSSR count). The molecule has 0 bridgehead atoms. The number of hydrogen-bond acceptors (Lipinski definition) is 2. The molecule has 1 aromatic rings. The molecule has 0 heterocycles. The van der Waals surface area contributed by atoms with E-state index in [1.807, 2.05) is 6.07 Å². The van der Waals surface area contributed by atoms with Crippen LogP contribution in [0.3, 0.4) is 0 Å². The van der Waals surface area contributed by atoms with Gasteiger partial charge in [0, 0.05) is 13.1 Å². The third-order valence-electron chi connectivity index (χ3n) is 3.98. The number of halogens is 2. The molecule has 2 N–H and O–H groups in total. The van der Waals surface area contributed by atoms with Gasteiger partial charge in [0.05, 0.1) is 21.4 Å². The Morgan fingerprint density at radius 2 is 1.67 bits per heavy atom. The fraction of sp³-hybridized carbons (Fsp3) is 0.571. The first-order valence-electron chi connectivity index (χ1n) is 6.46. The number of hydrogen-bond donors (Lipinski definition) is 1. The summed E-state index contributed by atoms with van der Waals surface area (Å²) >= 11 is 12.0. The molecule has 2 nitrogen and oxygen atoms in total. The van der Waals surface area contributed by atoms with Crippen molar-refractivity contribution in [1.29, 1.82) is 0 Å². The van der Waals surface area contributed by atoms with Gasteiger partial charge in [0.1, 0.15) is 0 Å². The van der Waals surface area contributed by atoms with Gasteiger partial charge in [0.2, 0.25) is 0 Å². The molecular formula is C14H20Cl2N2. The Morgan fingerprint density at radius 3 is 2.28 bits per heavy atom. The van der Waals surface area contributed by atoms with Crippen molar-refractivity contribution < 1.29 is 0 Å². The van der Waals surface area contributed by atoms with Gasteiger partial charge in [-0.1, -0.05) is 30.1 Å². The second-order valence-electron chi connectivity index (χ2n) is 5.35. The minimum atomic E-state index is 0.517. The van der Waals surface area contributed by atoms with Crippen molar-refractivity contribution in [2.45, 2.75) is 38.6 Å². The number of nitrogens with two attached hydrogens (primary N) is 1. The van der Waals surface area contributed by atoms with Crippen molar-refractivity contribution in [3.05, 3.63) is 22.2 Å². The van der Waals surface area contributed by atoms with Gasteiger partial charge in [0.15, 0.2) is 0 Å². The fourth-order valence-electron chi connectivity index (χ4n) is 2.68. The monoisotopic (exact) mass is 286 g/mol. The van der Waals surface area contributed by atoms with E-state index in [4.69, 9.17) is 28.9 Å². The van der Waals surface area contributed by atoms with Gasteiger partial charge in [-0.05, 0) is 43.7 Å². The number of nitrogen functional groups attached to an aromatic ring is 1. The minimum Gasteiger partial charge on any atom is -0.397 e. The summed E-state index contributed by atoms with van der Waals surface area (Å²) in [5.41, 5.74) is 7.73. The van der Waals surface area contributed by atoms with Crippen molar-refractivity contribution >= 4 is 34.6 Å². The third kappa shape index (κ3) is 2.86. The Balaban J connectivity index is 2.18. The van der Waals surface area contributed by atoms with Crippen LogP contribution in [-0.2, 0) is 0 Å². The molecule has 1 aliphatic carbocycles. The summed E-state index contributed by atoms with van der Waals surface area (Å²) in [7, 11) is 2.09. The van der Waals surface area contributed by atoms with E-state index in [1.165, 1.54) is 25.7 Å². The second kappa shape index (κ2) is 5.58. The SMILES string of the molecule is CC1CCC(N(C)c2cc(Cl)c(Cl)cc2N)CC1. The van der Waals surface area contributed by atoms with Gasteiger partial charge in [-0.15, -0.1) is 0 Å². The molecule has 0 atom stereocenters. The minimum absolute atomic E-state index is 0.517. The highest BCUT2D eigenvalue weighted by Crippen LogP contribution is 2.36. The number of anilines is 2. The predicted octanol–water partition coefficient (Wildman–Crippen LogP) is 4.59. The van der Waals surface area contributed by atoms with Crippen LogP contribution < -0.4 is 10.6 Å². The second-order valence-corrected chi connectivity index (χ2v) is 6.16. The summed E-state index contributed by atoms with van der Waals surface area (Å²) in [5.74, 6) is 0.848. The quantitative estimate of drug-likeness (QED) is 0.806. The molecule has 0 spiro atoms. The summed E-state index contributed by atoms with van der Waals surface area (Å²) in [6.45, 7) is 2.32. The lowest BCUT2D eigenvalue weighted by molar-refractivity contribution is 0.341. The summed E-state index contributed by atoms with van der Waals surface area (Å²) < 4.78 is 0. The third-order valence-corrected chi connectivity index (χ3v) is 4.70. The first-order valence-corrected chi connectivity index (χ1v) is 7.22. The van der Waals surface area contributed by atoms with E-state index in [9.17, 15) is 0 Å². The van der Waals surface area contributed by atoms with E-state index >= 15 is 0 Å². The van der Waals surface area contributed by atoms with Crippen LogP contribution in [0.1, 0.15) is 32.6 Å². The molecule has 4 heteroatoms. The Morgan fingerprint density at radius 1 is 1.11 bits per heavy atom. The molecular weight excluding hydrogens is 267 g/mol. The molecule has 1 saturated carbocycles. The van der Waals surface area contributed by atoms with Crippen LogP contribution in [0.15, 0.2) is 12.1 Å². The molecule has 1 fully saturated rings. The van der Waals surface area contributed by atoms with Crippen molar-refractivity contribution in [1.82, 2.24) is 0 Å². The maximum Gasteiger partial charge on any atom is 0.0615 e. The number of rotatable bonds is 2. The zero-order valence-corrected chi connectivity index (χ0v) is 12.4. The molecule has 1 aliphatic rings. The van der Waals surface area contributed by atoms with Crippen molar-refractivity contribution in [2.75, 3.05) is 17.7 Å². The molecule has 0 aliphatic heterocycles. The van der Waals surface area contributed by atoms with Gasteiger partial charge >= 0.3 is 0 Å². The summed E-state index contributed by atoms with van der Waals surface area (Å²) in [4.78, 5) is 2.25. The van der Waals surface area contributed by atoms with Gasteiger partial charge in [-0.3, -0.25) is 0 Å². The zero-order valence-electron chi connectivity index (χ0n) is 10.9. The molecule has 1 aromatic carbocycles. The van der Waals surface area contributed by atoms with Gasteiger partial charge in [-0.25, -0.2) is 0 Å². The Kier molecular flexibility index (Phi) is 4.29. The molecule has 100 valence electrons. The van der Waals surface area contributed by atoms with E-state index in [0.717, 1.165) is 11.6 Å². The van der Waals surface area contributed by atoms with Crippen LogP contribution in [0.2, 0.25) is 10.0 Å². The van der Waals surface area contributed by atoms with E-state index < -0.39 is 0 Å². The highest BCUT2D eigenvalue weighted by Gasteiger charge is 2.23. The van der Waals surface area contributed by atoms with Crippen molar-refractivity contribution in [3.8, 4) is 0 Å². The topological polar surface area (TPSA) is 29.3 Å². The normalized spacial score (nSPS) is 24.0. The molecule has 18 heavy (non-hydrogen) atoms. The molecule has 0 radical (unpaired) electrons. The van der Waals surface area contributed by atoms with Gasteiger partial charge < -0.3 is 10.6 Å². The van der Waals surface area contributed by atoms with Gasteiger partial charge in [0.25, 0.3) is 0 Å². The average Bonchev–Trinajstić information content (AvgIpc) is 2.34. The smallest absolute Gasteiger partial charge is 0.0615 e. The van der Waals surface area contributed by atoms with E-state index in [0.29, 0.717) is 21.8 Å². The molecule has 0 amide bonds. The summed E-state index contributed by atoms with van der Waals surface area (Å²) in [5, 5.41) is 1.08. The Labute approximate surface area is 119 Å². The maximum atomic E-state index is 6.08. The van der Waals surface area contributed by atoms with Crippen LogP contribution in [0, 0.1) is 5.92 Å². The van der Waals surface area contributed by atoms with Crippen LogP contribution in [0.5, 0.6) is 0 Å². The van der Waals surface area contributed by atoms with Crippen molar-refractivity contribution in [2.24, 2.45) is 5.92 Å². The van der Waals surface area contributed by atoms with Crippen LogP contribution in [0.25, 0.3) is 0 Å². The zero-order chi connectivity index (χ0) is 13.3. The van der Waals surface area contributed by atoms with E-state index in [-0.39, 0.29) is 0 Å². The summed E-state index contributed by atoms with van der Waals surface area (Å²) in [6.07, 6.45) is 5.02. The first-order chi connectivity index (χ1) is 8.49. The van der Waals surface area contributed by atoms with E-state index in [1.54, 1.807) is 6.07 Å². The predicted molar refractivity (Wildman–Crippen MR) is 80.7 cm³/mol. The van der Waals surface area contributed by atoms with E-state index in [2.05, 4.69) is 18.9 Å². The lowest BCUT2D eigenvalue weighted by Crippen LogP contribution is -2.35. The highest BCUT2D eigenvalue weighted by atomic mass is 35.5. The van der Waals surface area contributed by atoms with Crippen LogP contribution >= 0.6 is 23.2 Å².